The maximum Gasteiger partial charge on any atom is 0.417 e. The van der Waals surface area contributed by atoms with Gasteiger partial charge in [-0.15, -0.1) is 0 Å². The summed E-state index contributed by atoms with van der Waals surface area (Å²) >= 11 is 1.98. The SMILES string of the molecule is Cc1cc(C(C)(O)c2ccc(C(F)(F)F)cn2)ccc1N(C(=O)c1c(I)cccc1C(N)=O)C(C)C. The molecule has 3 rings (SSSR count). The van der Waals surface area contributed by atoms with Crippen LogP contribution in [0, 0.1) is 10.5 Å². The number of rotatable bonds is 6. The number of pyridine rings is 1. The van der Waals surface area contributed by atoms with E-state index in [0.29, 0.717) is 26.6 Å². The molecule has 0 radical (unpaired) electrons. The van der Waals surface area contributed by atoms with Crippen LogP contribution in [0.25, 0.3) is 0 Å². The van der Waals surface area contributed by atoms with E-state index in [1.54, 1.807) is 37.3 Å². The number of amides is 2. The Kier molecular flexibility index (Phi) is 7.80. The van der Waals surface area contributed by atoms with Crippen molar-refractivity contribution in [2.24, 2.45) is 5.73 Å². The third-order valence-electron chi connectivity index (χ3n) is 5.84. The summed E-state index contributed by atoms with van der Waals surface area (Å²) < 4.78 is 39.3. The number of aryl methyl sites for hydroxylation is 1. The maximum atomic E-state index is 13.7. The largest absolute Gasteiger partial charge is 0.417 e. The van der Waals surface area contributed by atoms with Gasteiger partial charge >= 0.3 is 6.18 Å². The van der Waals surface area contributed by atoms with Crippen LogP contribution in [0.5, 0.6) is 0 Å². The predicted molar refractivity (Wildman–Crippen MR) is 139 cm³/mol. The number of nitrogens with two attached hydrogens (primary N) is 1. The molecule has 1 heterocycles. The van der Waals surface area contributed by atoms with Crippen molar-refractivity contribution < 1.29 is 27.9 Å². The number of halogens is 4. The molecular formula is C26H25F3IN3O3. The summed E-state index contributed by atoms with van der Waals surface area (Å²) in [5, 5.41) is 11.2. The molecule has 0 spiro atoms. The number of hydrogen-bond acceptors (Lipinski definition) is 4. The lowest BCUT2D eigenvalue weighted by atomic mass is 9.90. The number of primary amides is 1. The van der Waals surface area contributed by atoms with Crippen LogP contribution in [0.3, 0.4) is 0 Å². The average molecular weight is 611 g/mol. The summed E-state index contributed by atoms with van der Waals surface area (Å²) in [6.07, 6.45) is -3.85. The molecule has 0 bridgehead atoms. The Morgan fingerprint density at radius 3 is 2.22 bits per heavy atom. The molecule has 36 heavy (non-hydrogen) atoms. The van der Waals surface area contributed by atoms with Crippen molar-refractivity contribution in [3.8, 4) is 0 Å². The van der Waals surface area contributed by atoms with E-state index in [1.807, 2.05) is 36.4 Å². The lowest BCUT2D eigenvalue weighted by Crippen LogP contribution is -2.39. The summed E-state index contributed by atoms with van der Waals surface area (Å²) in [6, 6.07) is 11.5. The van der Waals surface area contributed by atoms with Gasteiger partial charge in [0.2, 0.25) is 5.91 Å². The molecule has 190 valence electrons. The standard InChI is InChI=1S/C26H25F3IN3O3/c1-14(2)33(24(35)22-18(23(31)34)6-5-7-19(22)30)20-10-8-16(12-15(20)3)25(4,36)21-11-9-17(13-32-21)26(27,28)29/h5-14,36H,1-4H3,(H2,31,34). The monoisotopic (exact) mass is 611 g/mol. The van der Waals surface area contributed by atoms with Crippen molar-refractivity contribution in [1.29, 1.82) is 0 Å². The summed E-state index contributed by atoms with van der Waals surface area (Å²) in [5.74, 6) is -1.12. The van der Waals surface area contributed by atoms with Gasteiger partial charge in [0.05, 0.1) is 22.4 Å². The molecule has 3 N–H and O–H groups in total. The second-order valence-electron chi connectivity index (χ2n) is 8.80. The van der Waals surface area contributed by atoms with E-state index in [4.69, 9.17) is 5.73 Å². The van der Waals surface area contributed by atoms with Crippen LogP contribution in [0.2, 0.25) is 0 Å². The lowest BCUT2D eigenvalue weighted by Gasteiger charge is -2.31. The van der Waals surface area contributed by atoms with Gasteiger partial charge in [-0.1, -0.05) is 18.2 Å². The van der Waals surface area contributed by atoms with Gasteiger partial charge in [0.25, 0.3) is 5.91 Å². The highest BCUT2D eigenvalue weighted by atomic mass is 127. The molecule has 1 unspecified atom stereocenters. The minimum Gasteiger partial charge on any atom is -0.379 e. The number of carbonyl (C=O) groups is 2. The van der Waals surface area contributed by atoms with Gasteiger partial charge in [0.1, 0.15) is 5.60 Å². The van der Waals surface area contributed by atoms with Crippen molar-refractivity contribution in [3.63, 3.8) is 0 Å². The van der Waals surface area contributed by atoms with Crippen LogP contribution in [0.1, 0.15) is 63.9 Å². The number of benzene rings is 2. The summed E-state index contributed by atoms with van der Waals surface area (Å²) in [5.41, 5.74) is 4.84. The highest BCUT2D eigenvalue weighted by Crippen LogP contribution is 2.35. The third kappa shape index (κ3) is 5.39. The number of nitrogens with zero attached hydrogens (tertiary/aromatic N) is 2. The second kappa shape index (κ2) is 10.2. The number of alkyl halides is 3. The number of aliphatic hydroxyl groups is 1. The van der Waals surface area contributed by atoms with E-state index in [1.165, 1.54) is 17.9 Å². The average Bonchev–Trinajstić information content (AvgIpc) is 2.79. The van der Waals surface area contributed by atoms with Crippen LogP contribution in [-0.2, 0) is 11.8 Å². The van der Waals surface area contributed by atoms with Crippen molar-refractivity contribution in [1.82, 2.24) is 4.98 Å². The van der Waals surface area contributed by atoms with Crippen LogP contribution in [0.4, 0.5) is 18.9 Å². The number of aromatic nitrogens is 1. The highest BCUT2D eigenvalue weighted by molar-refractivity contribution is 14.1. The van der Waals surface area contributed by atoms with Gasteiger partial charge in [-0.25, -0.2) is 0 Å². The first-order chi connectivity index (χ1) is 16.7. The van der Waals surface area contributed by atoms with Gasteiger partial charge in [-0.05, 0) is 91.7 Å². The molecule has 3 aromatic rings. The molecule has 0 saturated heterocycles. The summed E-state index contributed by atoms with van der Waals surface area (Å²) in [7, 11) is 0. The first-order valence-corrected chi connectivity index (χ1v) is 12.0. The van der Waals surface area contributed by atoms with E-state index in [9.17, 15) is 27.9 Å². The summed E-state index contributed by atoms with van der Waals surface area (Å²) in [6.45, 7) is 6.84. The molecule has 10 heteroatoms. The smallest absolute Gasteiger partial charge is 0.379 e. The van der Waals surface area contributed by atoms with E-state index in [2.05, 4.69) is 4.98 Å². The molecule has 0 fully saturated rings. The fraction of sp³-hybridized carbons (Fsp3) is 0.269. The Bertz CT molecular complexity index is 1310. The van der Waals surface area contributed by atoms with E-state index in [0.717, 1.165) is 12.1 Å². The quantitative estimate of drug-likeness (QED) is 0.364. The van der Waals surface area contributed by atoms with Crippen LogP contribution < -0.4 is 10.6 Å². The van der Waals surface area contributed by atoms with E-state index in [-0.39, 0.29) is 22.9 Å². The van der Waals surface area contributed by atoms with E-state index >= 15 is 0 Å². The zero-order chi connectivity index (χ0) is 27.0. The van der Waals surface area contributed by atoms with Crippen LogP contribution >= 0.6 is 22.6 Å². The molecular weight excluding hydrogens is 586 g/mol. The van der Waals surface area contributed by atoms with Crippen LogP contribution in [-0.4, -0.2) is 27.9 Å². The van der Waals surface area contributed by atoms with Crippen molar-refractivity contribution in [2.45, 2.75) is 45.5 Å². The van der Waals surface area contributed by atoms with E-state index < -0.39 is 29.2 Å². The second-order valence-corrected chi connectivity index (χ2v) is 9.96. The zero-order valence-electron chi connectivity index (χ0n) is 20.0. The Hall–Kier alpha value is -2.99. The zero-order valence-corrected chi connectivity index (χ0v) is 22.2. The van der Waals surface area contributed by atoms with Gasteiger partial charge < -0.3 is 15.7 Å². The fourth-order valence-electron chi connectivity index (χ4n) is 3.92. The summed E-state index contributed by atoms with van der Waals surface area (Å²) in [4.78, 5) is 31.0. The number of hydrogen-bond donors (Lipinski definition) is 2. The predicted octanol–water partition coefficient (Wildman–Crippen LogP) is 5.42. The molecule has 0 aliphatic carbocycles. The third-order valence-corrected chi connectivity index (χ3v) is 6.74. The maximum absolute atomic E-state index is 13.7. The van der Waals surface area contributed by atoms with Crippen molar-refractivity contribution >= 4 is 40.1 Å². The molecule has 0 aliphatic heterocycles. The Labute approximate surface area is 220 Å². The first kappa shape index (κ1) is 27.6. The molecule has 1 atom stereocenters. The van der Waals surface area contributed by atoms with Crippen molar-refractivity contribution in [2.75, 3.05) is 4.90 Å². The molecule has 2 amide bonds. The van der Waals surface area contributed by atoms with Gasteiger partial charge in [-0.2, -0.15) is 13.2 Å². The van der Waals surface area contributed by atoms with Gasteiger partial charge in [0.15, 0.2) is 0 Å². The topological polar surface area (TPSA) is 96.5 Å². The lowest BCUT2D eigenvalue weighted by molar-refractivity contribution is -0.137. The normalized spacial score (nSPS) is 13.4. The first-order valence-electron chi connectivity index (χ1n) is 10.9. The number of anilines is 1. The highest BCUT2D eigenvalue weighted by Gasteiger charge is 2.34. The fourth-order valence-corrected chi connectivity index (χ4v) is 4.64. The molecule has 6 nitrogen and oxygen atoms in total. The Balaban J connectivity index is 2.03. The molecule has 0 saturated carbocycles. The minimum atomic E-state index is -4.53. The number of carbonyl (C=O) groups excluding carboxylic acids is 2. The molecule has 1 aromatic heterocycles. The van der Waals surface area contributed by atoms with Gasteiger partial charge in [0, 0.05) is 21.5 Å². The van der Waals surface area contributed by atoms with Crippen molar-refractivity contribution in [3.05, 3.63) is 91.8 Å². The van der Waals surface area contributed by atoms with Crippen LogP contribution in [0.15, 0.2) is 54.7 Å². The minimum absolute atomic E-state index is 0.0457. The molecule has 0 aliphatic rings. The Morgan fingerprint density at radius 1 is 1.08 bits per heavy atom. The van der Waals surface area contributed by atoms with Gasteiger partial charge in [-0.3, -0.25) is 14.6 Å². The Morgan fingerprint density at radius 2 is 1.72 bits per heavy atom. The molecule has 2 aromatic carbocycles.